The fourth-order valence-electron chi connectivity index (χ4n) is 1.59. The Kier molecular flexibility index (Phi) is 5.00. The molecule has 0 atom stereocenters. The van der Waals surface area contributed by atoms with Gasteiger partial charge in [0.2, 0.25) is 11.8 Å². The molecule has 4 N–H and O–H groups in total. The lowest BCUT2D eigenvalue weighted by atomic mass is 9.94. The Morgan fingerprint density at radius 3 is 2.58 bits per heavy atom. The summed E-state index contributed by atoms with van der Waals surface area (Å²) in [5.41, 5.74) is 5.02. The van der Waals surface area contributed by atoms with Crippen molar-refractivity contribution in [3.8, 4) is 0 Å². The molecule has 0 aliphatic rings. The van der Waals surface area contributed by atoms with E-state index < -0.39 is 11.4 Å². The summed E-state index contributed by atoms with van der Waals surface area (Å²) in [6.07, 6.45) is 0. The van der Waals surface area contributed by atoms with Crippen LogP contribution in [0.25, 0.3) is 0 Å². The summed E-state index contributed by atoms with van der Waals surface area (Å²) >= 11 is 0. The first kappa shape index (κ1) is 15.1. The highest BCUT2D eigenvalue weighted by atomic mass is 19.1. The lowest BCUT2D eigenvalue weighted by Crippen LogP contribution is -2.46. The molecule has 5 nitrogen and oxygen atoms in total. The molecule has 1 aromatic rings. The molecule has 0 saturated heterocycles. The number of hydrogen-bond acceptors (Lipinski definition) is 3. The van der Waals surface area contributed by atoms with E-state index in [0.29, 0.717) is 5.56 Å². The molecule has 104 valence electrons. The van der Waals surface area contributed by atoms with Crippen molar-refractivity contribution < 1.29 is 14.0 Å². The van der Waals surface area contributed by atoms with Crippen LogP contribution in [0, 0.1) is 5.82 Å². The molecule has 0 unspecified atom stereocenters. The van der Waals surface area contributed by atoms with Crippen molar-refractivity contribution in [1.82, 2.24) is 10.6 Å². The van der Waals surface area contributed by atoms with Crippen LogP contribution in [0.5, 0.6) is 0 Å². The van der Waals surface area contributed by atoms with Crippen LogP contribution in [0.1, 0.15) is 19.4 Å². The lowest BCUT2D eigenvalue weighted by molar-refractivity contribution is -0.126. The van der Waals surface area contributed by atoms with E-state index in [1.807, 2.05) is 0 Å². The molecule has 1 aromatic carbocycles. The monoisotopic (exact) mass is 267 g/mol. The molecular weight excluding hydrogens is 249 g/mol. The number of nitrogens with one attached hydrogen (secondary N) is 2. The summed E-state index contributed by atoms with van der Waals surface area (Å²) in [5.74, 6) is -1.13. The van der Waals surface area contributed by atoms with E-state index in [9.17, 15) is 14.0 Å². The van der Waals surface area contributed by atoms with Crippen molar-refractivity contribution >= 4 is 11.8 Å². The largest absolute Gasteiger partial charge is 0.346 e. The number of amides is 2. The smallest absolute Gasteiger partial charge is 0.240 e. The minimum atomic E-state index is -0.730. The number of halogens is 1. The fourth-order valence-corrected chi connectivity index (χ4v) is 1.59. The predicted octanol–water partition coefficient (Wildman–Crippen LogP) is 0.252. The van der Waals surface area contributed by atoms with Gasteiger partial charge in [-0.25, -0.2) is 4.39 Å². The van der Waals surface area contributed by atoms with E-state index in [1.165, 1.54) is 12.1 Å². The average Bonchev–Trinajstić information content (AvgIpc) is 2.35. The fraction of sp³-hybridized carbons (Fsp3) is 0.385. The van der Waals surface area contributed by atoms with Gasteiger partial charge in [0.1, 0.15) is 5.82 Å². The normalized spacial score (nSPS) is 10.9. The van der Waals surface area contributed by atoms with Gasteiger partial charge in [-0.15, -0.1) is 0 Å². The van der Waals surface area contributed by atoms with Crippen LogP contribution >= 0.6 is 0 Å². The quantitative estimate of drug-likeness (QED) is 0.715. The Morgan fingerprint density at radius 2 is 2.00 bits per heavy atom. The highest BCUT2D eigenvalue weighted by Crippen LogP contribution is 2.20. The summed E-state index contributed by atoms with van der Waals surface area (Å²) in [7, 11) is 0. The summed E-state index contributed by atoms with van der Waals surface area (Å²) < 4.78 is 13.2. The van der Waals surface area contributed by atoms with Crippen LogP contribution in [0.2, 0.25) is 0 Å². The number of hydrogen-bond donors (Lipinski definition) is 3. The zero-order chi connectivity index (χ0) is 14.5. The van der Waals surface area contributed by atoms with Crippen LogP contribution in [-0.2, 0) is 15.1 Å². The zero-order valence-electron chi connectivity index (χ0n) is 11.0. The first-order valence-corrected chi connectivity index (χ1v) is 5.89. The van der Waals surface area contributed by atoms with Crippen molar-refractivity contribution in [3.05, 3.63) is 35.6 Å². The summed E-state index contributed by atoms with van der Waals surface area (Å²) in [6, 6.07) is 6.00. The Morgan fingerprint density at radius 1 is 1.32 bits per heavy atom. The summed E-state index contributed by atoms with van der Waals surface area (Å²) in [6.45, 7) is 3.18. The lowest BCUT2D eigenvalue weighted by Gasteiger charge is -2.27. The van der Waals surface area contributed by atoms with Crippen molar-refractivity contribution in [2.75, 3.05) is 13.1 Å². The summed E-state index contributed by atoms with van der Waals surface area (Å²) in [4.78, 5) is 22.6. The minimum Gasteiger partial charge on any atom is -0.346 e. The van der Waals surface area contributed by atoms with Gasteiger partial charge in [0.25, 0.3) is 0 Å². The van der Waals surface area contributed by atoms with Gasteiger partial charge < -0.3 is 16.4 Å². The van der Waals surface area contributed by atoms with Crippen molar-refractivity contribution in [3.63, 3.8) is 0 Å². The third-order valence-electron chi connectivity index (χ3n) is 2.63. The Labute approximate surface area is 111 Å². The summed E-state index contributed by atoms with van der Waals surface area (Å²) in [5, 5.41) is 5.09. The second kappa shape index (κ2) is 6.29. The molecule has 0 fully saturated rings. The van der Waals surface area contributed by atoms with Crippen molar-refractivity contribution in [1.29, 1.82) is 0 Å². The molecule has 0 spiro atoms. The van der Waals surface area contributed by atoms with E-state index in [0.717, 1.165) is 0 Å². The van der Waals surface area contributed by atoms with Gasteiger partial charge in [0.15, 0.2) is 0 Å². The van der Waals surface area contributed by atoms with Gasteiger partial charge in [0, 0.05) is 0 Å². The van der Waals surface area contributed by atoms with Gasteiger partial charge in [-0.1, -0.05) is 12.1 Å². The maximum Gasteiger partial charge on any atom is 0.240 e. The van der Waals surface area contributed by atoms with Crippen LogP contribution in [0.4, 0.5) is 4.39 Å². The number of carbonyl (C=O) groups is 2. The molecule has 19 heavy (non-hydrogen) atoms. The Hall–Kier alpha value is -1.95. The maximum absolute atomic E-state index is 13.2. The Balaban J connectivity index is 2.64. The number of nitrogens with two attached hydrogens (primary N) is 1. The van der Waals surface area contributed by atoms with E-state index >= 15 is 0 Å². The van der Waals surface area contributed by atoms with E-state index in [2.05, 4.69) is 10.6 Å². The number of rotatable bonds is 5. The van der Waals surface area contributed by atoms with E-state index in [1.54, 1.807) is 26.0 Å². The zero-order valence-corrected chi connectivity index (χ0v) is 11.0. The van der Waals surface area contributed by atoms with Gasteiger partial charge >= 0.3 is 0 Å². The van der Waals surface area contributed by atoms with Crippen LogP contribution < -0.4 is 16.4 Å². The highest BCUT2D eigenvalue weighted by Gasteiger charge is 2.23. The first-order chi connectivity index (χ1) is 8.85. The molecule has 0 saturated carbocycles. The van der Waals surface area contributed by atoms with Crippen molar-refractivity contribution in [2.45, 2.75) is 19.4 Å². The van der Waals surface area contributed by atoms with Crippen LogP contribution in [-0.4, -0.2) is 24.9 Å². The standard InChI is InChI=1S/C13H18FN3O2/c1-13(2,9-4-3-5-10(14)6-9)17-12(19)8-16-11(18)7-15/h3-6H,7-8,15H2,1-2H3,(H,16,18)(H,17,19). The second-order valence-electron chi connectivity index (χ2n) is 4.66. The van der Waals surface area contributed by atoms with Gasteiger partial charge in [0.05, 0.1) is 18.6 Å². The molecule has 6 heteroatoms. The molecule has 0 aliphatic carbocycles. The minimum absolute atomic E-state index is 0.158. The maximum atomic E-state index is 13.2. The molecular formula is C13H18FN3O2. The highest BCUT2D eigenvalue weighted by molar-refractivity contribution is 5.85. The van der Waals surface area contributed by atoms with Crippen LogP contribution in [0.3, 0.4) is 0 Å². The molecule has 0 radical (unpaired) electrons. The topological polar surface area (TPSA) is 84.2 Å². The predicted molar refractivity (Wildman–Crippen MR) is 69.6 cm³/mol. The molecule has 2 amide bonds. The third kappa shape index (κ3) is 4.67. The number of carbonyl (C=O) groups excluding carboxylic acids is 2. The molecule has 0 aromatic heterocycles. The SMILES string of the molecule is CC(C)(NC(=O)CNC(=O)CN)c1cccc(F)c1. The van der Waals surface area contributed by atoms with E-state index in [4.69, 9.17) is 5.73 Å². The third-order valence-corrected chi connectivity index (χ3v) is 2.63. The molecule has 0 bridgehead atoms. The van der Waals surface area contributed by atoms with Crippen molar-refractivity contribution in [2.24, 2.45) is 5.73 Å². The average molecular weight is 267 g/mol. The van der Waals surface area contributed by atoms with Gasteiger partial charge in [-0.2, -0.15) is 0 Å². The number of benzene rings is 1. The Bertz CT molecular complexity index is 475. The van der Waals surface area contributed by atoms with Crippen LogP contribution in [0.15, 0.2) is 24.3 Å². The molecule has 0 heterocycles. The first-order valence-electron chi connectivity index (χ1n) is 5.89. The van der Waals surface area contributed by atoms with Gasteiger partial charge in [-0.3, -0.25) is 9.59 Å². The second-order valence-corrected chi connectivity index (χ2v) is 4.66. The van der Waals surface area contributed by atoms with E-state index in [-0.39, 0.29) is 24.8 Å². The molecule has 1 rings (SSSR count). The molecule has 0 aliphatic heterocycles. The van der Waals surface area contributed by atoms with Gasteiger partial charge in [-0.05, 0) is 31.5 Å².